The van der Waals surface area contributed by atoms with Crippen molar-refractivity contribution in [1.29, 1.82) is 0 Å². The van der Waals surface area contributed by atoms with E-state index in [0.717, 1.165) is 0 Å². The summed E-state index contributed by atoms with van der Waals surface area (Å²) in [4.78, 5) is 0.255. The fraction of sp³-hybridized carbons (Fsp3) is 0.875. The van der Waals surface area contributed by atoms with Crippen molar-refractivity contribution in [3.8, 4) is 0 Å². The average Bonchev–Trinajstić information content (AvgIpc) is 2.44. The molecule has 1 saturated heterocycles. The second kappa shape index (κ2) is 3.75. The molecule has 1 rings (SSSR count). The van der Waals surface area contributed by atoms with Gasteiger partial charge in [-0.25, -0.2) is 8.42 Å². The van der Waals surface area contributed by atoms with Crippen LogP contribution in [0.3, 0.4) is 0 Å². The Labute approximate surface area is 90.5 Å². The molecule has 0 radical (unpaired) electrons. The quantitative estimate of drug-likeness (QED) is 0.724. The first-order chi connectivity index (χ1) is 6.34. The Morgan fingerprint density at radius 1 is 1.64 bits per heavy atom. The van der Waals surface area contributed by atoms with Crippen LogP contribution in [-0.2, 0) is 10.0 Å². The van der Waals surface area contributed by atoms with E-state index < -0.39 is 15.6 Å². The topological polar surface area (TPSA) is 63.4 Å². The third-order valence-electron chi connectivity index (χ3n) is 2.87. The van der Waals surface area contributed by atoms with Crippen LogP contribution in [0.1, 0.15) is 26.7 Å². The van der Waals surface area contributed by atoms with E-state index in [-0.39, 0.29) is 10.7 Å². The Balaban J connectivity index is 3.08. The number of nitrogens with two attached hydrogens (primary N) is 1. The highest BCUT2D eigenvalue weighted by Crippen LogP contribution is 2.28. The van der Waals surface area contributed by atoms with Crippen LogP contribution in [0.5, 0.6) is 0 Å². The Morgan fingerprint density at radius 2 is 2.21 bits per heavy atom. The predicted molar refractivity (Wildman–Crippen MR) is 60.6 cm³/mol. The summed E-state index contributed by atoms with van der Waals surface area (Å²) in [6, 6.07) is 0. The molecule has 1 heterocycles. The van der Waals surface area contributed by atoms with Gasteiger partial charge in [-0.15, -0.1) is 0 Å². The summed E-state index contributed by atoms with van der Waals surface area (Å²) in [5.74, 6) is 0.213. The van der Waals surface area contributed by atoms with Gasteiger partial charge in [-0.3, -0.25) is 0 Å². The minimum Gasteiger partial charge on any atom is -0.392 e. The highest BCUT2D eigenvalue weighted by molar-refractivity contribution is 7.89. The van der Waals surface area contributed by atoms with Gasteiger partial charge in [-0.2, -0.15) is 4.31 Å². The highest BCUT2D eigenvalue weighted by atomic mass is 32.2. The van der Waals surface area contributed by atoms with Crippen molar-refractivity contribution in [2.45, 2.75) is 32.2 Å². The first-order valence-corrected chi connectivity index (χ1v) is 6.67. The van der Waals surface area contributed by atoms with Crippen LogP contribution < -0.4 is 5.73 Å². The van der Waals surface area contributed by atoms with Crippen LogP contribution >= 0.6 is 12.2 Å². The maximum atomic E-state index is 11.7. The van der Waals surface area contributed by atoms with E-state index in [1.54, 1.807) is 6.92 Å². The zero-order valence-electron chi connectivity index (χ0n) is 8.49. The van der Waals surface area contributed by atoms with E-state index in [1.807, 2.05) is 6.92 Å². The van der Waals surface area contributed by atoms with E-state index in [0.29, 0.717) is 19.4 Å². The van der Waals surface area contributed by atoms with E-state index in [1.165, 1.54) is 4.31 Å². The molecule has 1 unspecified atom stereocenters. The first kappa shape index (κ1) is 11.9. The van der Waals surface area contributed by atoms with E-state index in [4.69, 9.17) is 18.0 Å². The summed E-state index contributed by atoms with van der Waals surface area (Å²) >= 11 is 4.94. The first-order valence-electron chi connectivity index (χ1n) is 4.65. The number of hydrogen-bond donors (Lipinski definition) is 1. The van der Waals surface area contributed by atoms with Gasteiger partial charge in [-0.1, -0.05) is 19.1 Å². The van der Waals surface area contributed by atoms with Crippen LogP contribution in [-0.4, -0.2) is 35.5 Å². The molecule has 0 spiro atoms. The smallest absolute Gasteiger partial charge is 0.215 e. The molecule has 4 nitrogen and oxygen atoms in total. The fourth-order valence-electron chi connectivity index (χ4n) is 1.67. The SMILES string of the molecule is CCC(C)(C(N)=S)N1CCCS1(=O)=O. The molecule has 6 heteroatoms. The molecule has 0 aromatic carbocycles. The lowest BCUT2D eigenvalue weighted by Gasteiger charge is -2.35. The molecule has 82 valence electrons. The Kier molecular flexibility index (Phi) is 3.18. The molecule has 1 fully saturated rings. The van der Waals surface area contributed by atoms with Crippen LogP contribution in [0, 0.1) is 0 Å². The van der Waals surface area contributed by atoms with Gasteiger partial charge < -0.3 is 5.73 Å². The summed E-state index contributed by atoms with van der Waals surface area (Å²) in [6.07, 6.45) is 1.28. The lowest BCUT2D eigenvalue weighted by molar-refractivity contribution is 0.293. The Bertz CT molecular complexity index is 339. The van der Waals surface area contributed by atoms with Gasteiger partial charge in [0, 0.05) is 6.54 Å². The monoisotopic (exact) mass is 236 g/mol. The highest BCUT2D eigenvalue weighted by Gasteiger charge is 2.43. The molecule has 0 saturated carbocycles. The Hall–Kier alpha value is -0.200. The molecule has 0 aromatic rings. The standard InChI is InChI=1S/C8H16N2O2S2/c1-3-8(2,7(9)13)10-5-4-6-14(10,11)12/h3-6H2,1-2H3,(H2,9,13). The second-order valence-corrected chi connectivity index (χ2v) is 6.19. The zero-order chi connectivity index (χ0) is 11.0. The van der Waals surface area contributed by atoms with E-state index >= 15 is 0 Å². The number of hydrogen-bond acceptors (Lipinski definition) is 3. The van der Waals surface area contributed by atoms with Gasteiger partial charge in [0.2, 0.25) is 10.0 Å². The van der Waals surface area contributed by atoms with Crippen molar-refractivity contribution in [2.75, 3.05) is 12.3 Å². The molecule has 2 N–H and O–H groups in total. The van der Waals surface area contributed by atoms with Crippen LogP contribution in [0.2, 0.25) is 0 Å². The van der Waals surface area contributed by atoms with Crippen molar-refractivity contribution >= 4 is 27.2 Å². The maximum absolute atomic E-state index is 11.7. The lowest BCUT2D eigenvalue weighted by Crippen LogP contribution is -2.54. The van der Waals surface area contributed by atoms with Crippen molar-refractivity contribution < 1.29 is 8.42 Å². The largest absolute Gasteiger partial charge is 0.392 e. The molecule has 1 aliphatic rings. The third-order valence-corrected chi connectivity index (χ3v) is 5.37. The Morgan fingerprint density at radius 3 is 2.50 bits per heavy atom. The van der Waals surface area contributed by atoms with Gasteiger partial charge in [0.1, 0.15) is 0 Å². The van der Waals surface area contributed by atoms with Crippen LogP contribution in [0.15, 0.2) is 0 Å². The van der Waals surface area contributed by atoms with Gasteiger partial charge in [0.05, 0.1) is 16.3 Å². The van der Waals surface area contributed by atoms with Crippen molar-refractivity contribution in [2.24, 2.45) is 5.73 Å². The van der Waals surface area contributed by atoms with E-state index in [9.17, 15) is 8.42 Å². The second-order valence-electron chi connectivity index (χ2n) is 3.73. The molecule has 1 atom stereocenters. The summed E-state index contributed by atoms with van der Waals surface area (Å²) in [5, 5.41) is 0. The summed E-state index contributed by atoms with van der Waals surface area (Å²) in [7, 11) is -3.14. The number of sulfonamides is 1. The third kappa shape index (κ3) is 1.78. The molecule has 1 aliphatic heterocycles. The molecule has 14 heavy (non-hydrogen) atoms. The van der Waals surface area contributed by atoms with Crippen molar-refractivity contribution in [1.82, 2.24) is 4.31 Å². The zero-order valence-corrected chi connectivity index (χ0v) is 10.1. The molecule has 0 bridgehead atoms. The van der Waals surface area contributed by atoms with Crippen molar-refractivity contribution in [3.63, 3.8) is 0 Å². The average molecular weight is 236 g/mol. The lowest BCUT2D eigenvalue weighted by atomic mass is 9.99. The van der Waals surface area contributed by atoms with E-state index in [2.05, 4.69) is 0 Å². The summed E-state index contributed by atoms with van der Waals surface area (Å²) in [5.41, 5.74) is 4.92. The van der Waals surface area contributed by atoms with Crippen LogP contribution in [0.25, 0.3) is 0 Å². The van der Waals surface area contributed by atoms with Gasteiger partial charge >= 0.3 is 0 Å². The predicted octanol–water partition coefficient (Wildman–Crippen LogP) is 0.477. The van der Waals surface area contributed by atoms with Gasteiger partial charge in [-0.05, 0) is 19.8 Å². The van der Waals surface area contributed by atoms with Gasteiger partial charge in [0.25, 0.3) is 0 Å². The number of nitrogens with zero attached hydrogens (tertiary/aromatic N) is 1. The fourth-order valence-corrected chi connectivity index (χ4v) is 3.94. The normalized spacial score (nSPS) is 25.9. The minimum absolute atomic E-state index is 0.213. The number of thiocarbonyl (C=S) groups is 1. The van der Waals surface area contributed by atoms with Crippen molar-refractivity contribution in [3.05, 3.63) is 0 Å². The van der Waals surface area contributed by atoms with Crippen LogP contribution in [0.4, 0.5) is 0 Å². The molecule has 0 aliphatic carbocycles. The minimum atomic E-state index is -3.14. The molecule has 0 amide bonds. The molecular formula is C8H16N2O2S2. The summed E-state index contributed by atoms with van der Waals surface area (Å²) in [6.45, 7) is 4.22. The maximum Gasteiger partial charge on any atom is 0.215 e. The van der Waals surface area contributed by atoms with Gasteiger partial charge in [0.15, 0.2) is 0 Å². The molecule has 0 aromatic heterocycles. The number of rotatable bonds is 3. The molecular weight excluding hydrogens is 220 g/mol. The summed E-state index contributed by atoms with van der Waals surface area (Å²) < 4.78 is 24.8.